The van der Waals surface area contributed by atoms with E-state index >= 15 is 0 Å². The zero-order valence-corrected chi connectivity index (χ0v) is 12.3. The van der Waals surface area contributed by atoms with E-state index in [1.807, 2.05) is 39.0 Å². The van der Waals surface area contributed by atoms with Gasteiger partial charge in [0.05, 0.1) is 5.69 Å². The molecular formula is C16H21NO3. The van der Waals surface area contributed by atoms with Crippen molar-refractivity contribution in [3.05, 3.63) is 29.8 Å². The van der Waals surface area contributed by atoms with Crippen LogP contribution in [0, 0.1) is 5.92 Å². The van der Waals surface area contributed by atoms with Crippen LogP contribution < -0.4 is 4.90 Å². The number of ether oxygens (including phenoxy) is 2. The summed E-state index contributed by atoms with van der Waals surface area (Å²) in [5.74, 6) is 0.373. The van der Waals surface area contributed by atoms with Crippen LogP contribution in [0.4, 0.5) is 10.5 Å². The Bertz CT molecular complexity index is 521. The average molecular weight is 275 g/mol. The van der Waals surface area contributed by atoms with Crippen molar-refractivity contribution in [3.8, 4) is 0 Å². The number of hydrogen-bond donors (Lipinski definition) is 0. The normalized spacial score (nSPS) is 25.1. The van der Waals surface area contributed by atoms with Gasteiger partial charge >= 0.3 is 6.09 Å². The quantitative estimate of drug-likeness (QED) is 0.729. The van der Waals surface area contributed by atoms with Crippen LogP contribution in [0.25, 0.3) is 0 Å². The molecule has 2 heterocycles. The molecule has 1 fully saturated rings. The Labute approximate surface area is 119 Å². The average Bonchev–Trinajstić information content (AvgIpc) is 2.80. The molecule has 0 spiro atoms. The van der Waals surface area contributed by atoms with E-state index in [2.05, 4.69) is 6.07 Å². The van der Waals surface area contributed by atoms with E-state index in [0.29, 0.717) is 12.5 Å². The summed E-state index contributed by atoms with van der Waals surface area (Å²) in [6, 6.07) is 8.02. The summed E-state index contributed by atoms with van der Waals surface area (Å²) in [7, 11) is 0. The summed E-state index contributed by atoms with van der Waals surface area (Å²) in [6.07, 6.45) is 1.47. The Morgan fingerprint density at radius 3 is 2.85 bits per heavy atom. The van der Waals surface area contributed by atoms with E-state index in [9.17, 15) is 4.79 Å². The maximum absolute atomic E-state index is 12.5. The molecular weight excluding hydrogens is 254 g/mol. The summed E-state index contributed by atoms with van der Waals surface area (Å²) in [5, 5.41) is 0. The maximum atomic E-state index is 12.5. The molecule has 0 N–H and O–H groups in total. The van der Waals surface area contributed by atoms with Gasteiger partial charge in [-0.05, 0) is 45.2 Å². The minimum Gasteiger partial charge on any atom is -0.443 e. The van der Waals surface area contributed by atoms with Crippen LogP contribution in [0.3, 0.4) is 0 Å². The smallest absolute Gasteiger partial charge is 0.416 e. The number of rotatable bonds is 0. The molecule has 3 rings (SSSR count). The van der Waals surface area contributed by atoms with E-state index in [1.165, 1.54) is 5.56 Å². The van der Waals surface area contributed by atoms with Crippen molar-refractivity contribution in [2.24, 2.45) is 5.92 Å². The topological polar surface area (TPSA) is 38.8 Å². The van der Waals surface area contributed by atoms with Crippen molar-refractivity contribution in [3.63, 3.8) is 0 Å². The predicted octanol–water partition coefficient (Wildman–Crippen LogP) is 3.35. The van der Waals surface area contributed by atoms with Gasteiger partial charge in [-0.15, -0.1) is 0 Å². The highest BCUT2D eigenvalue weighted by molar-refractivity contribution is 5.90. The van der Waals surface area contributed by atoms with Gasteiger partial charge in [0.25, 0.3) is 0 Å². The van der Waals surface area contributed by atoms with Crippen molar-refractivity contribution in [2.75, 3.05) is 11.5 Å². The lowest BCUT2D eigenvalue weighted by molar-refractivity contribution is 0.0342. The summed E-state index contributed by atoms with van der Waals surface area (Å²) < 4.78 is 11.3. The zero-order valence-electron chi connectivity index (χ0n) is 12.3. The zero-order chi connectivity index (χ0) is 14.3. The summed E-state index contributed by atoms with van der Waals surface area (Å²) >= 11 is 0. The van der Waals surface area contributed by atoms with Gasteiger partial charge in [0.15, 0.2) is 0 Å². The molecule has 1 aromatic rings. The van der Waals surface area contributed by atoms with Crippen LogP contribution in [0.15, 0.2) is 24.3 Å². The molecule has 4 nitrogen and oxygen atoms in total. The lowest BCUT2D eigenvalue weighted by Crippen LogP contribution is -2.49. The summed E-state index contributed by atoms with van der Waals surface area (Å²) in [4.78, 5) is 14.2. The van der Waals surface area contributed by atoms with E-state index in [4.69, 9.17) is 9.47 Å². The summed E-state index contributed by atoms with van der Waals surface area (Å²) in [5.41, 5.74) is 1.62. The molecule has 20 heavy (non-hydrogen) atoms. The number of amides is 1. The van der Waals surface area contributed by atoms with Gasteiger partial charge in [-0.25, -0.2) is 4.79 Å². The van der Waals surface area contributed by atoms with E-state index < -0.39 is 5.60 Å². The Kier molecular flexibility index (Phi) is 3.21. The van der Waals surface area contributed by atoms with Gasteiger partial charge in [-0.3, -0.25) is 4.90 Å². The molecule has 0 radical (unpaired) electrons. The SMILES string of the molecule is CC(C)(C)OC(=O)N1c2ccccc2CC2CCOC21. The number of nitrogens with zero attached hydrogens (tertiary/aromatic N) is 1. The molecule has 2 aliphatic rings. The van der Waals surface area contributed by atoms with E-state index in [-0.39, 0.29) is 12.3 Å². The van der Waals surface area contributed by atoms with Crippen LogP contribution in [0.5, 0.6) is 0 Å². The predicted molar refractivity (Wildman–Crippen MR) is 76.7 cm³/mol. The second kappa shape index (κ2) is 4.77. The van der Waals surface area contributed by atoms with Crippen LogP contribution in [-0.2, 0) is 15.9 Å². The lowest BCUT2D eigenvalue weighted by Gasteiger charge is -2.38. The number of hydrogen-bond acceptors (Lipinski definition) is 3. The molecule has 1 saturated heterocycles. The fraction of sp³-hybridized carbons (Fsp3) is 0.562. The van der Waals surface area contributed by atoms with Crippen LogP contribution in [0.1, 0.15) is 32.8 Å². The molecule has 1 amide bonds. The number of carbonyl (C=O) groups is 1. The first-order valence-corrected chi connectivity index (χ1v) is 7.17. The van der Waals surface area contributed by atoms with E-state index in [0.717, 1.165) is 18.5 Å². The molecule has 2 atom stereocenters. The Hall–Kier alpha value is -1.55. The monoisotopic (exact) mass is 275 g/mol. The molecule has 0 aliphatic carbocycles. The van der Waals surface area contributed by atoms with Gasteiger partial charge in [0.1, 0.15) is 11.8 Å². The van der Waals surface area contributed by atoms with E-state index in [1.54, 1.807) is 4.90 Å². The van der Waals surface area contributed by atoms with Crippen LogP contribution in [-0.4, -0.2) is 24.5 Å². The number of para-hydroxylation sites is 1. The molecule has 108 valence electrons. The van der Waals surface area contributed by atoms with Gasteiger partial charge in [-0.1, -0.05) is 18.2 Å². The number of anilines is 1. The largest absolute Gasteiger partial charge is 0.443 e. The standard InChI is InChI=1S/C16H21NO3/c1-16(2,3)20-15(18)17-13-7-5-4-6-11(13)10-12-8-9-19-14(12)17/h4-7,12,14H,8-10H2,1-3H3. The minimum absolute atomic E-state index is 0.181. The van der Waals surface area contributed by atoms with Crippen molar-refractivity contribution in [2.45, 2.75) is 45.4 Å². The molecule has 0 aromatic heterocycles. The second-order valence-corrected chi connectivity index (χ2v) is 6.49. The molecule has 0 bridgehead atoms. The Balaban J connectivity index is 1.96. The summed E-state index contributed by atoms with van der Waals surface area (Å²) in [6.45, 7) is 6.36. The fourth-order valence-corrected chi connectivity index (χ4v) is 2.96. The first kappa shape index (κ1) is 13.4. The maximum Gasteiger partial charge on any atom is 0.416 e. The first-order valence-electron chi connectivity index (χ1n) is 7.17. The highest BCUT2D eigenvalue weighted by atomic mass is 16.6. The molecule has 2 unspecified atom stereocenters. The number of benzene rings is 1. The minimum atomic E-state index is -0.502. The first-order chi connectivity index (χ1) is 9.46. The van der Waals surface area contributed by atoms with Gasteiger partial charge < -0.3 is 9.47 Å². The highest BCUT2D eigenvalue weighted by Crippen LogP contribution is 2.39. The van der Waals surface area contributed by atoms with Crippen molar-refractivity contribution >= 4 is 11.8 Å². The molecule has 1 aromatic carbocycles. The third kappa shape index (κ3) is 2.40. The fourth-order valence-electron chi connectivity index (χ4n) is 2.96. The molecule has 4 heteroatoms. The van der Waals surface area contributed by atoms with Gasteiger partial charge in [-0.2, -0.15) is 0 Å². The molecule has 0 saturated carbocycles. The van der Waals surface area contributed by atoms with Crippen LogP contribution >= 0.6 is 0 Å². The lowest BCUT2D eigenvalue weighted by atomic mass is 9.90. The second-order valence-electron chi connectivity index (χ2n) is 6.49. The number of fused-ring (bicyclic) bond motifs is 2. The Morgan fingerprint density at radius 2 is 2.10 bits per heavy atom. The molecule has 2 aliphatic heterocycles. The van der Waals surface area contributed by atoms with Crippen LogP contribution in [0.2, 0.25) is 0 Å². The van der Waals surface area contributed by atoms with Crippen molar-refractivity contribution in [1.82, 2.24) is 0 Å². The highest BCUT2D eigenvalue weighted by Gasteiger charge is 2.43. The third-order valence-electron chi connectivity index (χ3n) is 3.76. The van der Waals surface area contributed by atoms with Crippen molar-refractivity contribution < 1.29 is 14.3 Å². The van der Waals surface area contributed by atoms with Crippen molar-refractivity contribution in [1.29, 1.82) is 0 Å². The van der Waals surface area contributed by atoms with Gasteiger partial charge in [0, 0.05) is 12.5 Å². The Morgan fingerprint density at radius 1 is 1.35 bits per heavy atom. The number of carbonyl (C=O) groups excluding carboxylic acids is 1. The third-order valence-corrected chi connectivity index (χ3v) is 3.76. The van der Waals surface area contributed by atoms with Gasteiger partial charge in [0.2, 0.25) is 0 Å².